The molecule has 0 radical (unpaired) electrons. The van der Waals surface area contributed by atoms with Gasteiger partial charge in [-0.2, -0.15) is 5.10 Å². The number of hydrogen-bond donors (Lipinski definition) is 0. The molecule has 2 fully saturated rings. The lowest BCUT2D eigenvalue weighted by Gasteiger charge is -2.50. The average Bonchev–Trinajstić information content (AvgIpc) is 3.37. The molecule has 5 rings (SSSR count). The molecule has 30 heavy (non-hydrogen) atoms. The van der Waals surface area contributed by atoms with Gasteiger partial charge in [-0.3, -0.25) is 14.4 Å². The zero-order chi connectivity index (χ0) is 20.9. The Balaban J connectivity index is 1.37. The van der Waals surface area contributed by atoms with E-state index in [2.05, 4.69) is 44.5 Å². The summed E-state index contributed by atoms with van der Waals surface area (Å²) in [7, 11) is 3.83. The highest BCUT2D eigenvalue weighted by Gasteiger charge is 2.57. The number of amides is 1. The molecule has 8 heteroatoms. The number of carbonyl (C=O) groups excluding carboxylic acids is 1. The molecule has 2 saturated heterocycles. The summed E-state index contributed by atoms with van der Waals surface area (Å²) < 4.78 is 3.70. The predicted octanol–water partition coefficient (Wildman–Crippen LogP) is 1.60. The van der Waals surface area contributed by atoms with Crippen molar-refractivity contribution in [1.82, 2.24) is 34.3 Å². The maximum Gasteiger partial charge on any atom is 0.272 e. The van der Waals surface area contributed by atoms with Gasteiger partial charge in [0.2, 0.25) is 0 Å². The quantitative estimate of drug-likeness (QED) is 0.659. The van der Waals surface area contributed by atoms with Crippen LogP contribution in [0.1, 0.15) is 33.5 Å². The van der Waals surface area contributed by atoms with Crippen LogP contribution in [0.3, 0.4) is 0 Å². The van der Waals surface area contributed by atoms with Gasteiger partial charge in [0.25, 0.3) is 5.91 Å². The van der Waals surface area contributed by atoms with Gasteiger partial charge in [-0.25, -0.2) is 0 Å². The SMILES string of the molecule is Cc1cc(C(=O)N2CC3(CN(Cc4ccccc4)CC3c3nncn3C)C2)n(C)n1. The van der Waals surface area contributed by atoms with Crippen molar-refractivity contribution in [1.29, 1.82) is 0 Å². The minimum atomic E-state index is 0.0128. The van der Waals surface area contributed by atoms with E-state index >= 15 is 0 Å². The van der Waals surface area contributed by atoms with Crippen molar-refractivity contribution in [2.45, 2.75) is 19.4 Å². The lowest BCUT2D eigenvalue weighted by molar-refractivity contribution is 0.000622. The van der Waals surface area contributed by atoms with Gasteiger partial charge < -0.3 is 9.47 Å². The highest BCUT2D eigenvalue weighted by Crippen LogP contribution is 2.49. The van der Waals surface area contributed by atoms with Crippen LogP contribution in [-0.4, -0.2) is 66.4 Å². The molecule has 1 unspecified atom stereocenters. The van der Waals surface area contributed by atoms with Crippen molar-refractivity contribution in [2.24, 2.45) is 19.5 Å². The minimum absolute atomic E-state index is 0.0128. The molecule has 3 aromatic rings. The van der Waals surface area contributed by atoms with E-state index in [0.717, 1.165) is 44.2 Å². The number of aromatic nitrogens is 5. The van der Waals surface area contributed by atoms with Crippen LogP contribution in [0.4, 0.5) is 0 Å². The fourth-order valence-electron chi connectivity index (χ4n) is 5.15. The van der Waals surface area contributed by atoms with Gasteiger partial charge in [-0.1, -0.05) is 30.3 Å². The Morgan fingerprint density at radius 2 is 1.93 bits per heavy atom. The Morgan fingerprint density at radius 3 is 2.57 bits per heavy atom. The maximum absolute atomic E-state index is 13.1. The first-order valence-electron chi connectivity index (χ1n) is 10.4. The summed E-state index contributed by atoms with van der Waals surface area (Å²) in [5, 5.41) is 12.9. The van der Waals surface area contributed by atoms with Crippen LogP contribution in [0.5, 0.6) is 0 Å². The van der Waals surface area contributed by atoms with Crippen LogP contribution >= 0.6 is 0 Å². The molecule has 4 heterocycles. The Hall–Kier alpha value is -3.00. The second kappa shape index (κ2) is 7.05. The molecule has 2 aliphatic rings. The van der Waals surface area contributed by atoms with Gasteiger partial charge in [-0.05, 0) is 18.6 Å². The number of nitrogens with zero attached hydrogens (tertiary/aromatic N) is 7. The smallest absolute Gasteiger partial charge is 0.272 e. The standard InChI is InChI=1S/C22H27N7O/c1-16-9-19(27(3)25-16)21(30)29-13-22(14-29)12-28(10-17-7-5-4-6-8-17)11-18(22)20-24-23-15-26(20)2/h4-9,15,18H,10-14H2,1-3H3. The third-order valence-electron chi connectivity index (χ3n) is 6.55. The topological polar surface area (TPSA) is 72.1 Å². The average molecular weight is 406 g/mol. The Labute approximate surface area is 176 Å². The van der Waals surface area contributed by atoms with Crippen molar-refractivity contribution in [3.05, 3.63) is 65.5 Å². The zero-order valence-electron chi connectivity index (χ0n) is 17.7. The van der Waals surface area contributed by atoms with Crippen LogP contribution in [0.25, 0.3) is 0 Å². The molecule has 0 N–H and O–H groups in total. The van der Waals surface area contributed by atoms with Crippen LogP contribution in [0, 0.1) is 12.3 Å². The fourth-order valence-corrected chi connectivity index (χ4v) is 5.15. The largest absolute Gasteiger partial charge is 0.336 e. The number of benzene rings is 1. The van der Waals surface area contributed by atoms with Gasteiger partial charge in [0.15, 0.2) is 0 Å². The Morgan fingerprint density at radius 1 is 1.17 bits per heavy atom. The normalized spacial score (nSPS) is 20.6. The molecule has 2 aromatic heterocycles. The first-order chi connectivity index (χ1) is 14.4. The fraction of sp³-hybridized carbons (Fsp3) is 0.455. The van der Waals surface area contributed by atoms with Gasteiger partial charge in [0.1, 0.15) is 17.8 Å². The van der Waals surface area contributed by atoms with Gasteiger partial charge in [-0.15, -0.1) is 10.2 Å². The number of carbonyl (C=O) groups is 1. The lowest BCUT2D eigenvalue weighted by atomic mass is 9.71. The van der Waals surface area contributed by atoms with E-state index in [1.165, 1.54) is 5.56 Å². The van der Waals surface area contributed by atoms with Crippen molar-refractivity contribution in [2.75, 3.05) is 26.2 Å². The van der Waals surface area contributed by atoms with Crippen LogP contribution in [0.15, 0.2) is 42.7 Å². The minimum Gasteiger partial charge on any atom is -0.336 e. The highest BCUT2D eigenvalue weighted by atomic mass is 16.2. The Kier molecular flexibility index (Phi) is 4.47. The summed E-state index contributed by atoms with van der Waals surface area (Å²) >= 11 is 0. The molecule has 0 bridgehead atoms. The molecule has 0 saturated carbocycles. The molecule has 2 aliphatic heterocycles. The molecule has 156 valence electrons. The van der Waals surface area contributed by atoms with E-state index in [1.54, 1.807) is 11.0 Å². The molecule has 8 nitrogen and oxygen atoms in total. The molecule has 1 atom stereocenters. The third kappa shape index (κ3) is 3.11. The van der Waals surface area contributed by atoms with E-state index in [1.807, 2.05) is 42.6 Å². The van der Waals surface area contributed by atoms with Gasteiger partial charge in [0.05, 0.1) is 5.69 Å². The van der Waals surface area contributed by atoms with Crippen LogP contribution in [-0.2, 0) is 20.6 Å². The first-order valence-corrected chi connectivity index (χ1v) is 10.4. The van der Waals surface area contributed by atoms with E-state index < -0.39 is 0 Å². The highest BCUT2D eigenvalue weighted by molar-refractivity contribution is 5.93. The number of likely N-dealkylation sites (tertiary alicyclic amines) is 2. The lowest BCUT2D eigenvalue weighted by Crippen LogP contribution is -2.61. The summed E-state index contributed by atoms with van der Waals surface area (Å²) in [4.78, 5) is 17.5. The summed E-state index contributed by atoms with van der Waals surface area (Å²) in [6.07, 6.45) is 1.77. The summed E-state index contributed by atoms with van der Waals surface area (Å²) in [5.41, 5.74) is 2.84. The molecule has 1 spiro atoms. The van der Waals surface area contributed by atoms with Crippen LogP contribution in [0.2, 0.25) is 0 Å². The third-order valence-corrected chi connectivity index (χ3v) is 6.55. The zero-order valence-corrected chi connectivity index (χ0v) is 17.7. The summed E-state index contributed by atoms with van der Waals surface area (Å²) in [5.74, 6) is 1.32. The van der Waals surface area contributed by atoms with Gasteiger partial charge in [0, 0.05) is 58.2 Å². The van der Waals surface area contributed by atoms with Crippen molar-refractivity contribution < 1.29 is 4.79 Å². The van der Waals surface area contributed by atoms with Crippen molar-refractivity contribution in [3.63, 3.8) is 0 Å². The first kappa shape index (κ1) is 19.0. The molecular formula is C22H27N7O. The van der Waals surface area contributed by atoms with Crippen molar-refractivity contribution in [3.8, 4) is 0 Å². The predicted molar refractivity (Wildman–Crippen MR) is 112 cm³/mol. The van der Waals surface area contributed by atoms with Crippen molar-refractivity contribution >= 4 is 5.91 Å². The second-order valence-corrected chi connectivity index (χ2v) is 8.83. The number of rotatable bonds is 4. The second-order valence-electron chi connectivity index (χ2n) is 8.83. The Bertz CT molecular complexity index is 1060. The molecule has 1 amide bonds. The molecule has 1 aromatic carbocycles. The molecule has 0 aliphatic carbocycles. The molecular weight excluding hydrogens is 378 g/mol. The van der Waals surface area contributed by atoms with E-state index in [9.17, 15) is 4.79 Å². The summed E-state index contributed by atoms with van der Waals surface area (Å²) in [6.45, 7) is 6.17. The van der Waals surface area contributed by atoms with E-state index in [-0.39, 0.29) is 17.2 Å². The summed E-state index contributed by atoms with van der Waals surface area (Å²) in [6, 6.07) is 12.4. The monoisotopic (exact) mass is 405 g/mol. The van der Waals surface area contributed by atoms with Gasteiger partial charge >= 0.3 is 0 Å². The number of hydrogen-bond acceptors (Lipinski definition) is 5. The van der Waals surface area contributed by atoms with E-state index in [4.69, 9.17) is 0 Å². The maximum atomic E-state index is 13.1. The van der Waals surface area contributed by atoms with E-state index in [0.29, 0.717) is 5.69 Å². The van der Waals surface area contributed by atoms with Crippen LogP contribution < -0.4 is 0 Å². The number of aryl methyl sites for hydroxylation is 3.